The molecule has 0 aromatic carbocycles. The maximum absolute atomic E-state index is 5.28. The van der Waals surface area contributed by atoms with Gasteiger partial charge in [-0.2, -0.15) is 0 Å². The van der Waals surface area contributed by atoms with Gasteiger partial charge in [-0.3, -0.25) is 4.90 Å². The number of piperidine rings is 1. The first-order valence-electron chi connectivity index (χ1n) is 4.64. The molecule has 0 saturated carbocycles. The average molecular weight is 189 g/mol. The van der Waals surface area contributed by atoms with Gasteiger partial charge >= 0.3 is 0 Å². The van der Waals surface area contributed by atoms with Crippen LogP contribution in [0.5, 0.6) is 0 Å². The average Bonchev–Trinajstić information content (AvgIpc) is 2.21. The van der Waals surface area contributed by atoms with Crippen molar-refractivity contribution in [3.8, 4) is 0 Å². The van der Waals surface area contributed by atoms with Crippen molar-refractivity contribution in [2.45, 2.75) is 25.4 Å². The summed E-state index contributed by atoms with van der Waals surface area (Å²) in [5.74, 6) is 0. The molecule has 0 unspecified atom stereocenters. The van der Waals surface area contributed by atoms with Crippen molar-refractivity contribution in [1.29, 1.82) is 0 Å². The molecule has 4 nitrogen and oxygen atoms in total. The van der Waals surface area contributed by atoms with Gasteiger partial charge in [-0.1, -0.05) is 0 Å². The van der Waals surface area contributed by atoms with Crippen LogP contribution in [-0.4, -0.2) is 51.8 Å². The van der Waals surface area contributed by atoms with Gasteiger partial charge in [-0.15, -0.1) is 0 Å². The Bertz CT molecular complexity index is 131. The van der Waals surface area contributed by atoms with E-state index in [4.69, 9.17) is 14.2 Å². The maximum Gasteiger partial charge on any atom is 0.218 e. The van der Waals surface area contributed by atoms with Crippen molar-refractivity contribution >= 4 is 0 Å². The predicted molar refractivity (Wildman–Crippen MR) is 49.4 cm³/mol. The highest BCUT2D eigenvalue weighted by Crippen LogP contribution is 2.15. The molecule has 0 bridgehead atoms. The molecule has 78 valence electrons. The van der Waals surface area contributed by atoms with Crippen LogP contribution in [0.2, 0.25) is 0 Å². The molecule has 1 saturated heterocycles. The van der Waals surface area contributed by atoms with Crippen molar-refractivity contribution < 1.29 is 14.2 Å². The molecule has 0 spiro atoms. The largest absolute Gasteiger partial charge is 0.381 e. The fourth-order valence-electron chi connectivity index (χ4n) is 1.72. The third-order valence-corrected chi connectivity index (χ3v) is 2.51. The molecule has 0 N–H and O–H groups in total. The van der Waals surface area contributed by atoms with E-state index in [-0.39, 0.29) is 6.41 Å². The van der Waals surface area contributed by atoms with Crippen molar-refractivity contribution in [2.75, 3.05) is 34.4 Å². The highest BCUT2D eigenvalue weighted by atomic mass is 16.7. The van der Waals surface area contributed by atoms with E-state index in [1.165, 1.54) is 0 Å². The maximum atomic E-state index is 5.28. The number of likely N-dealkylation sites (tertiary alicyclic amines) is 1. The van der Waals surface area contributed by atoms with Crippen LogP contribution < -0.4 is 0 Å². The number of hydrogen-bond acceptors (Lipinski definition) is 4. The minimum Gasteiger partial charge on any atom is -0.381 e. The van der Waals surface area contributed by atoms with Crippen molar-refractivity contribution in [3.63, 3.8) is 0 Å². The zero-order chi connectivity index (χ0) is 9.68. The summed E-state index contributed by atoms with van der Waals surface area (Å²) in [5, 5.41) is 0. The fraction of sp³-hybridized carbons (Fsp3) is 1.00. The molecular formula is C9H19NO3. The van der Waals surface area contributed by atoms with E-state index in [1.54, 1.807) is 21.3 Å². The second-order valence-electron chi connectivity index (χ2n) is 3.25. The summed E-state index contributed by atoms with van der Waals surface area (Å²) in [7, 11) is 5.09. The highest BCUT2D eigenvalue weighted by Gasteiger charge is 2.24. The van der Waals surface area contributed by atoms with Crippen LogP contribution >= 0.6 is 0 Å². The van der Waals surface area contributed by atoms with Crippen molar-refractivity contribution in [2.24, 2.45) is 0 Å². The minimum absolute atomic E-state index is 0.196. The molecule has 0 aromatic rings. The smallest absolute Gasteiger partial charge is 0.218 e. The Labute approximate surface area is 79.8 Å². The van der Waals surface area contributed by atoms with E-state index in [1.807, 2.05) is 0 Å². The van der Waals surface area contributed by atoms with Crippen molar-refractivity contribution in [1.82, 2.24) is 4.90 Å². The van der Waals surface area contributed by atoms with Gasteiger partial charge in [-0.25, -0.2) is 0 Å². The third-order valence-electron chi connectivity index (χ3n) is 2.51. The quantitative estimate of drug-likeness (QED) is 0.608. The Morgan fingerprint density at radius 2 is 1.62 bits per heavy atom. The van der Waals surface area contributed by atoms with Crippen LogP contribution in [0.15, 0.2) is 0 Å². The standard InChI is InChI=1S/C9H19NO3/c1-11-8-4-6-10(7-5-8)9(12-2)13-3/h8-9H,4-7H2,1-3H3. The molecular weight excluding hydrogens is 170 g/mol. The van der Waals surface area contributed by atoms with Gasteiger partial charge in [0, 0.05) is 34.4 Å². The molecule has 1 aliphatic heterocycles. The van der Waals surface area contributed by atoms with Crippen LogP contribution in [-0.2, 0) is 14.2 Å². The van der Waals surface area contributed by atoms with Crippen LogP contribution in [0.3, 0.4) is 0 Å². The Morgan fingerprint density at radius 1 is 1.08 bits per heavy atom. The molecule has 0 aromatic heterocycles. The van der Waals surface area contributed by atoms with Gasteiger partial charge in [0.2, 0.25) is 6.41 Å². The predicted octanol–water partition coefficient (Wildman–Crippen LogP) is 0.674. The zero-order valence-electron chi connectivity index (χ0n) is 8.66. The molecule has 1 fully saturated rings. The second-order valence-corrected chi connectivity index (χ2v) is 3.25. The first-order valence-corrected chi connectivity index (χ1v) is 4.64. The van der Waals surface area contributed by atoms with E-state index in [0.717, 1.165) is 25.9 Å². The lowest BCUT2D eigenvalue weighted by molar-refractivity contribution is -0.204. The van der Waals surface area contributed by atoms with Gasteiger partial charge in [0.1, 0.15) is 0 Å². The summed E-state index contributed by atoms with van der Waals surface area (Å²) < 4.78 is 15.6. The van der Waals surface area contributed by atoms with E-state index < -0.39 is 0 Å². The lowest BCUT2D eigenvalue weighted by atomic mass is 10.1. The highest BCUT2D eigenvalue weighted by molar-refractivity contribution is 4.71. The second kappa shape index (κ2) is 5.54. The van der Waals surface area contributed by atoms with Crippen LogP contribution in [0.4, 0.5) is 0 Å². The molecule has 1 aliphatic rings. The monoisotopic (exact) mass is 189 g/mol. The molecule has 1 rings (SSSR count). The Hall–Kier alpha value is -0.160. The SMILES string of the molecule is COC1CCN(C(OC)OC)CC1. The van der Waals surface area contributed by atoms with Gasteiger partial charge in [0.05, 0.1) is 6.10 Å². The summed E-state index contributed by atoms with van der Waals surface area (Å²) in [6, 6.07) is 0. The minimum atomic E-state index is -0.196. The van der Waals surface area contributed by atoms with E-state index in [9.17, 15) is 0 Å². The Balaban J connectivity index is 2.30. The van der Waals surface area contributed by atoms with Gasteiger partial charge in [0.25, 0.3) is 0 Å². The fourth-order valence-corrected chi connectivity index (χ4v) is 1.72. The Kier molecular flexibility index (Phi) is 4.66. The van der Waals surface area contributed by atoms with E-state index in [2.05, 4.69) is 4.90 Å². The van der Waals surface area contributed by atoms with Crippen molar-refractivity contribution in [3.05, 3.63) is 0 Å². The van der Waals surface area contributed by atoms with Gasteiger partial charge in [0.15, 0.2) is 0 Å². The lowest BCUT2D eigenvalue weighted by Gasteiger charge is -2.34. The summed E-state index contributed by atoms with van der Waals surface area (Å²) >= 11 is 0. The van der Waals surface area contributed by atoms with E-state index in [0.29, 0.717) is 6.10 Å². The number of hydrogen-bond donors (Lipinski definition) is 0. The molecule has 0 amide bonds. The summed E-state index contributed by atoms with van der Waals surface area (Å²) in [4.78, 5) is 2.18. The molecule has 0 atom stereocenters. The normalized spacial score (nSPS) is 21.2. The molecule has 0 radical (unpaired) electrons. The first kappa shape index (κ1) is 10.9. The Morgan fingerprint density at radius 3 is 2.00 bits per heavy atom. The number of rotatable bonds is 4. The first-order chi connectivity index (χ1) is 6.31. The molecule has 1 heterocycles. The zero-order valence-corrected chi connectivity index (χ0v) is 8.66. The third kappa shape index (κ3) is 2.91. The summed E-state index contributed by atoms with van der Waals surface area (Å²) in [6.45, 7) is 1.95. The molecule has 0 aliphatic carbocycles. The van der Waals surface area contributed by atoms with E-state index >= 15 is 0 Å². The number of ether oxygens (including phenoxy) is 3. The number of nitrogens with zero attached hydrogens (tertiary/aromatic N) is 1. The lowest BCUT2D eigenvalue weighted by Crippen LogP contribution is -2.44. The molecule has 4 heteroatoms. The molecule has 13 heavy (non-hydrogen) atoms. The number of methoxy groups -OCH3 is 3. The summed E-state index contributed by atoms with van der Waals surface area (Å²) in [6.07, 6.45) is 2.32. The van der Waals surface area contributed by atoms with Gasteiger partial charge in [-0.05, 0) is 12.8 Å². The van der Waals surface area contributed by atoms with Crippen LogP contribution in [0.1, 0.15) is 12.8 Å². The topological polar surface area (TPSA) is 30.9 Å². The summed E-state index contributed by atoms with van der Waals surface area (Å²) in [5.41, 5.74) is 0. The van der Waals surface area contributed by atoms with Gasteiger partial charge < -0.3 is 14.2 Å². The van der Waals surface area contributed by atoms with Crippen LogP contribution in [0, 0.1) is 0 Å². The van der Waals surface area contributed by atoms with Crippen LogP contribution in [0.25, 0.3) is 0 Å².